The molecular formula is C13H17N5. The van der Waals surface area contributed by atoms with Crippen LogP contribution in [0.2, 0.25) is 0 Å². The topological polar surface area (TPSA) is 66.5 Å². The van der Waals surface area contributed by atoms with Crippen LogP contribution >= 0.6 is 0 Å². The van der Waals surface area contributed by atoms with Crippen molar-refractivity contribution in [1.29, 1.82) is 0 Å². The van der Waals surface area contributed by atoms with E-state index in [1.807, 2.05) is 19.2 Å². The molecule has 1 atom stereocenters. The number of aromatic nitrogens is 4. The van der Waals surface area contributed by atoms with Crippen LogP contribution < -0.4 is 5.32 Å². The maximum Gasteiger partial charge on any atom is 0.156 e. The van der Waals surface area contributed by atoms with Gasteiger partial charge in [-0.15, -0.1) is 0 Å². The molecule has 3 rings (SSSR count). The van der Waals surface area contributed by atoms with Crippen LogP contribution in [0.4, 0.5) is 0 Å². The van der Waals surface area contributed by atoms with Gasteiger partial charge < -0.3 is 10.3 Å². The summed E-state index contributed by atoms with van der Waals surface area (Å²) in [6.45, 7) is 4.09. The Morgan fingerprint density at radius 3 is 3.00 bits per heavy atom. The number of rotatable bonds is 2. The van der Waals surface area contributed by atoms with Crippen LogP contribution in [0.15, 0.2) is 18.5 Å². The molecule has 0 aromatic carbocycles. The van der Waals surface area contributed by atoms with E-state index in [2.05, 4.69) is 25.3 Å². The first-order chi connectivity index (χ1) is 8.83. The zero-order chi connectivity index (χ0) is 12.4. The molecule has 5 heteroatoms. The van der Waals surface area contributed by atoms with Crippen molar-refractivity contribution in [3.8, 4) is 11.5 Å². The van der Waals surface area contributed by atoms with Crippen LogP contribution in [0.3, 0.4) is 0 Å². The van der Waals surface area contributed by atoms with Gasteiger partial charge >= 0.3 is 0 Å². The zero-order valence-corrected chi connectivity index (χ0v) is 10.5. The lowest BCUT2D eigenvalue weighted by atomic mass is 9.98. The van der Waals surface area contributed by atoms with Crippen molar-refractivity contribution in [2.45, 2.75) is 25.7 Å². The van der Waals surface area contributed by atoms with E-state index in [0.29, 0.717) is 5.92 Å². The molecule has 2 aromatic rings. The minimum absolute atomic E-state index is 0.423. The summed E-state index contributed by atoms with van der Waals surface area (Å²) >= 11 is 0. The Balaban J connectivity index is 1.95. The van der Waals surface area contributed by atoms with E-state index in [0.717, 1.165) is 42.5 Å². The molecule has 1 aliphatic heterocycles. The number of hydrogen-bond donors (Lipinski definition) is 2. The van der Waals surface area contributed by atoms with Gasteiger partial charge in [0.15, 0.2) is 5.82 Å². The van der Waals surface area contributed by atoms with Crippen LogP contribution in [0.5, 0.6) is 0 Å². The van der Waals surface area contributed by atoms with Gasteiger partial charge in [0.05, 0.1) is 0 Å². The third-order valence-corrected chi connectivity index (χ3v) is 3.27. The Hall–Kier alpha value is -1.75. The van der Waals surface area contributed by atoms with Crippen LogP contribution in [0.25, 0.3) is 11.5 Å². The summed E-state index contributed by atoms with van der Waals surface area (Å²) in [5.74, 6) is 2.17. The monoisotopic (exact) mass is 243 g/mol. The van der Waals surface area contributed by atoms with Crippen molar-refractivity contribution >= 4 is 0 Å². The summed E-state index contributed by atoms with van der Waals surface area (Å²) < 4.78 is 0. The fraction of sp³-hybridized carbons (Fsp3) is 0.462. The minimum Gasteiger partial charge on any atom is -0.343 e. The molecule has 5 nitrogen and oxygen atoms in total. The van der Waals surface area contributed by atoms with Gasteiger partial charge in [-0.05, 0) is 32.4 Å². The fourth-order valence-corrected chi connectivity index (χ4v) is 2.37. The molecule has 0 saturated carbocycles. The Morgan fingerprint density at radius 2 is 2.28 bits per heavy atom. The quantitative estimate of drug-likeness (QED) is 0.841. The number of nitrogens with one attached hydrogen (secondary N) is 2. The average molecular weight is 243 g/mol. The summed E-state index contributed by atoms with van der Waals surface area (Å²) in [6.07, 6.45) is 5.91. The number of piperidine rings is 1. The molecule has 2 aromatic heterocycles. The van der Waals surface area contributed by atoms with Crippen molar-refractivity contribution in [1.82, 2.24) is 25.3 Å². The molecule has 1 aliphatic rings. The lowest BCUT2D eigenvalue weighted by molar-refractivity contribution is 0.446. The van der Waals surface area contributed by atoms with Gasteiger partial charge in [-0.3, -0.25) is 0 Å². The highest BCUT2D eigenvalue weighted by Crippen LogP contribution is 2.22. The number of aryl methyl sites for hydroxylation is 1. The van der Waals surface area contributed by atoms with Gasteiger partial charge in [-0.1, -0.05) is 0 Å². The molecule has 0 unspecified atom stereocenters. The predicted molar refractivity (Wildman–Crippen MR) is 69.2 cm³/mol. The van der Waals surface area contributed by atoms with Gasteiger partial charge in [0.2, 0.25) is 0 Å². The van der Waals surface area contributed by atoms with Gasteiger partial charge in [-0.2, -0.15) is 0 Å². The molecular weight excluding hydrogens is 226 g/mol. The fourth-order valence-electron chi connectivity index (χ4n) is 2.37. The normalized spacial score (nSPS) is 19.9. The SMILES string of the molecule is Cc1cc(-c2ncc[nH]2)nc([C@@H]2CCCNC2)n1. The minimum atomic E-state index is 0.423. The number of hydrogen-bond acceptors (Lipinski definition) is 4. The van der Waals surface area contributed by atoms with Gasteiger partial charge in [0, 0.05) is 30.6 Å². The molecule has 1 fully saturated rings. The van der Waals surface area contributed by atoms with E-state index >= 15 is 0 Å². The highest BCUT2D eigenvalue weighted by Gasteiger charge is 2.19. The van der Waals surface area contributed by atoms with Crippen molar-refractivity contribution in [2.24, 2.45) is 0 Å². The first-order valence-corrected chi connectivity index (χ1v) is 6.39. The Kier molecular flexibility index (Phi) is 3.06. The summed E-state index contributed by atoms with van der Waals surface area (Å²) in [5, 5.41) is 3.40. The van der Waals surface area contributed by atoms with E-state index in [9.17, 15) is 0 Å². The summed E-state index contributed by atoms with van der Waals surface area (Å²) in [5.41, 5.74) is 1.88. The zero-order valence-electron chi connectivity index (χ0n) is 10.5. The number of H-pyrrole nitrogens is 1. The molecule has 18 heavy (non-hydrogen) atoms. The Morgan fingerprint density at radius 1 is 1.33 bits per heavy atom. The molecule has 94 valence electrons. The third-order valence-electron chi connectivity index (χ3n) is 3.27. The molecule has 0 radical (unpaired) electrons. The van der Waals surface area contributed by atoms with Gasteiger partial charge in [-0.25, -0.2) is 15.0 Å². The van der Waals surface area contributed by atoms with Gasteiger partial charge in [0.25, 0.3) is 0 Å². The second kappa shape index (κ2) is 4.86. The molecule has 1 saturated heterocycles. The van der Waals surface area contributed by atoms with Crippen LogP contribution in [0, 0.1) is 6.92 Å². The van der Waals surface area contributed by atoms with Gasteiger partial charge in [0.1, 0.15) is 11.5 Å². The third kappa shape index (κ3) is 2.26. The first-order valence-electron chi connectivity index (χ1n) is 6.39. The highest BCUT2D eigenvalue weighted by molar-refractivity contribution is 5.49. The average Bonchev–Trinajstić information content (AvgIpc) is 2.93. The number of imidazole rings is 1. The Labute approximate surface area is 106 Å². The van der Waals surface area contributed by atoms with Crippen molar-refractivity contribution < 1.29 is 0 Å². The predicted octanol–water partition coefficient (Wildman–Crippen LogP) is 1.64. The lowest BCUT2D eigenvalue weighted by Crippen LogP contribution is -2.29. The standard InChI is InChI=1S/C13H17N5/c1-9-7-11(13-15-5-6-16-13)18-12(17-9)10-3-2-4-14-8-10/h5-7,10,14H,2-4,8H2,1H3,(H,15,16)/t10-/m1/s1. The van der Waals surface area contributed by atoms with Crippen LogP contribution in [0.1, 0.15) is 30.3 Å². The maximum absolute atomic E-state index is 4.65. The maximum atomic E-state index is 4.65. The summed E-state index contributed by atoms with van der Waals surface area (Å²) in [6, 6.07) is 1.97. The number of nitrogens with zero attached hydrogens (tertiary/aromatic N) is 3. The van der Waals surface area contributed by atoms with Crippen LogP contribution in [-0.4, -0.2) is 33.0 Å². The van der Waals surface area contributed by atoms with E-state index in [4.69, 9.17) is 0 Å². The Bertz CT molecular complexity index is 514. The van der Waals surface area contributed by atoms with E-state index in [-0.39, 0.29) is 0 Å². The lowest BCUT2D eigenvalue weighted by Gasteiger charge is -2.21. The second-order valence-corrected chi connectivity index (χ2v) is 4.73. The molecule has 0 amide bonds. The second-order valence-electron chi connectivity index (χ2n) is 4.73. The van der Waals surface area contributed by atoms with Crippen LogP contribution in [-0.2, 0) is 0 Å². The van der Waals surface area contributed by atoms with Crippen molar-refractivity contribution in [2.75, 3.05) is 13.1 Å². The molecule has 0 bridgehead atoms. The molecule has 3 heterocycles. The van der Waals surface area contributed by atoms with E-state index in [1.165, 1.54) is 6.42 Å². The largest absolute Gasteiger partial charge is 0.343 e. The first kappa shape index (κ1) is 11.3. The number of aromatic amines is 1. The molecule has 0 spiro atoms. The summed E-state index contributed by atoms with van der Waals surface area (Å²) in [7, 11) is 0. The molecule has 0 aliphatic carbocycles. The van der Waals surface area contributed by atoms with Crippen molar-refractivity contribution in [3.05, 3.63) is 30.0 Å². The van der Waals surface area contributed by atoms with Crippen molar-refractivity contribution in [3.63, 3.8) is 0 Å². The van der Waals surface area contributed by atoms with E-state index < -0.39 is 0 Å². The van der Waals surface area contributed by atoms with E-state index in [1.54, 1.807) is 6.20 Å². The smallest absolute Gasteiger partial charge is 0.156 e. The molecule has 2 N–H and O–H groups in total. The highest BCUT2D eigenvalue weighted by atomic mass is 15.0. The summed E-state index contributed by atoms with van der Waals surface area (Å²) in [4.78, 5) is 16.6.